The van der Waals surface area contributed by atoms with Crippen molar-refractivity contribution in [3.8, 4) is 0 Å². The van der Waals surface area contributed by atoms with Gasteiger partial charge in [0.1, 0.15) is 0 Å². The van der Waals surface area contributed by atoms with Crippen LogP contribution >= 0.6 is 0 Å². The first kappa shape index (κ1) is 43.2. The average molecular weight is 787 g/mol. The van der Waals surface area contributed by atoms with Crippen molar-refractivity contribution in [3.05, 3.63) is 68.8 Å². The van der Waals surface area contributed by atoms with E-state index in [0.29, 0.717) is 88.3 Å². The van der Waals surface area contributed by atoms with Crippen molar-refractivity contribution in [1.82, 2.24) is 35.9 Å². The van der Waals surface area contributed by atoms with Gasteiger partial charge >= 0.3 is 5.97 Å². The molecule has 0 spiro atoms. The number of aromatic nitrogens is 4. The van der Waals surface area contributed by atoms with Gasteiger partial charge in [-0.25, -0.2) is 0 Å². The number of nitrogens with two attached hydrogens (primary N) is 1. The molecule has 57 heavy (non-hydrogen) atoms. The molecule has 0 radical (unpaired) electrons. The first-order valence-electron chi connectivity index (χ1n) is 19.8. The van der Waals surface area contributed by atoms with Crippen molar-refractivity contribution in [3.63, 3.8) is 0 Å². The first-order valence-corrected chi connectivity index (χ1v) is 19.8. The molecule has 0 aliphatic carbocycles. The van der Waals surface area contributed by atoms with E-state index in [4.69, 9.17) is 20.4 Å². The molecule has 5 rings (SSSR count). The number of aliphatic hydroxyl groups excluding tert-OH is 2. The summed E-state index contributed by atoms with van der Waals surface area (Å²) in [4.78, 5) is 71.1. The summed E-state index contributed by atoms with van der Waals surface area (Å²) in [7, 11) is 1.31. The summed E-state index contributed by atoms with van der Waals surface area (Å²) < 4.78 is 5.22. The Bertz CT molecular complexity index is 2160. The highest BCUT2D eigenvalue weighted by Crippen LogP contribution is 2.43. The van der Waals surface area contributed by atoms with Crippen LogP contribution in [0.1, 0.15) is 131 Å². The molecular weight excluding hydrogens is 729 g/mol. The van der Waals surface area contributed by atoms with Gasteiger partial charge in [-0.15, -0.1) is 0 Å². The maximum atomic E-state index is 14.3. The summed E-state index contributed by atoms with van der Waals surface area (Å²) >= 11 is 0. The van der Waals surface area contributed by atoms with E-state index in [2.05, 4.69) is 39.8 Å². The number of nitrogens with one attached hydrogen (secondary N) is 5. The number of fused-ring (bicyclic) bond motifs is 8. The number of methoxy groups -OCH3 is 1. The van der Waals surface area contributed by atoms with Gasteiger partial charge < -0.3 is 46.6 Å². The molecule has 5 heterocycles. The maximum Gasteiger partial charge on any atom is 0.310 e. The monoisotopic (exact) mass is 786 g/mol. The summed E-state index contributed by atoms with van der Waals surface area (Å²) in [5.74, 6) is -1.88. The Kier molecular flexibility index (Phi) is 14.4. The highest BCUT2D eigenvalue weighted by Gasteiger charge is 2.34. The maximum absolute atomic E-state index is 14.3. The number of esters is 1. The third kappa shape index (κ3) is 9.44. The summed E-state index contributed by atoms with van der Waals surface area (Å²) in [6, 6.07) is 5.84. The Morgan fingerprint density at radius 1 is 0.895 bits per heavy atom. The first-order chi connectivity index (χ1) is 27.2. The van der Waals surface area contributed by atoms with Crippen molar-refractivity contribution in [2.75, 3.05) is 46.4 Å². The molecule has 2 aliphatic rings. The Balaban J connectivity index is 1.87. The average Bonchev–Trinajstić information content (AvgIpc) is 3.87. The number of aromatic amines is 2. The van der Waals surface area contributed by atoms with E-state index in [0.717, 1.165) is 23.4 Å². The predicted octanol–water partition coefficient (Wildman–Crippen LogP) is 3.56. The lowest BCUT2D eigenvalue weighted by Gasteiger charge is -2.18. The Hall–Kier alpha value is -4.96. The molecule has 3 aromatic heterocycles. The highest BCUT2D eigenvalue weighted by molar-refractivity contribution is 6.06. The van der Waals surface area contributed by atoms with E-state index in [1.54, 1.807) is 6.92 Å². The molecule has 3 aromatic rings. The second-order valence-corrected chi connectivity index (χ2v) is 15.1. The zero-order valence-electron chi connectivity index (χ0n) is 34.1. The van der Waals surface area contributed by atoms with Crippen molar-refractivity contribution < 1.29 is 34.1 Å². The van der Waals surface area contributed by atoms with E-state index in [-0.39, 0.29) is 54.7 Å². The lowest BCUT2D eigenvalue weighted by Crippen LogP contribution is -2.34. The molecule has 2 aliphatic heterocycles. The zero-order chi connectivity index (χ0) is 41.6. The van der Waals surface area contributed by atoms with Crippen LogP contribution in [0.15, 0.2) is 18.2 Å². The van der Waals surface area contributed by atoms with E-state index < -0.39 is 24.6 Å². The summed E-state index contributed by atoms with van der Waals surface area (Å²) in [6.45, 7) is 12.9. The van der Waals surface area contributed by atoms with Crippen LogP contribution in [0.25, 0.3) is 22.1 Å². The Morgan fingerprint density at radius 2 is 1.54 bits per heavy atom. The number of aliphatic hydroxyl groups is 2. The number of carbonyl (C=O) groups excluding carboxylic acids is 4. The van der Waals surface area contributed by atoms with E-state index >= 15 is 0 Å². The van der Waals surface area contributed by atoms with Gasteiger partial charge in [-0.1, -0.05) is 20.8 Å². The van der Waals surface area contributed by atoms with Crippen LogP contribution in [0, 0.1) is 13.8 Å². The molecule has 2 amide bonds. The number of rotatable bonds is 16. The van der Waals surface area contributed by atoms with Crippen LogP contribution in [0.4, 0.5) is 0 Å². The van der Waals surface area contributed by atoms with Crippen LogP contribution in [-0.2, 0) is 20.7 Å². The van der Waals surface area contributed by atoms with Crippen LogP contribution in [-0.4, -0.2) is 106 Å². The largest absolute Gasteiger partial charge is 0.469 e. The van der Waals surface area contributed by atoms with Gasteiger partial charge in [-0.2, -0.15) is 0 Å². The van der Waals surface area contributed by atoms with Gasteiger partial charge in [0.05, 0.1) is 48.5 Å². The number of H-pyrrole nitrogens is 2. The standard InChI is InChI=1S/C42H58N8O7/c1-8-27-21(2)30-18-35-38(25(6)52)23(4)32(48-35)16-31-22(3)28(9-10-36(54)46-19-26(53)20-51)40(49-31)29(15-37(55)57-7)41-39(42(56)45-14-13-44-12-11-43)24(5)33(50-41)17-34(27)47-30/h16-18,21-22,26-28,44,48,50-51,53H,8-15,19-20,43H2,1-7H3,(H,45,56)(H,46,54)/t21-,22+,26?,27-,28+/m1/s1. The van der Waals surface area contributed by atoms with Gasteiger partial charge in [0.2, 0.25) is 5.91 Å². The number of carbonyl (C=O) groups is 4. The van der Waals surface area contributed by atoms with Crippen molar-refractivity contribution >= 4 is 45.6 Å². The smallest absolute Gasteiger partial charge is 0.310 e. The molecule has 0 aromatic carbocycles. The predicted molar refractivity (Wildman–Crippen MR) is 218 cm³/mol. The van der Waals surface area contributed by atoms with Crippen molar-refractivity contribution in [2.45, 2.75) is 97.0 Å². The number of Topliss-reactive ketones (excluding diaryl/α,β-unsaturated/α-hetero) is 1. The quantitative estimate of drug-likeness (QED) is 0.0594. The van der Waals surface area contributed by atoms with Gasteiger partial charge in [-0.3, -0.25) is 29.1 Å². The number of nitrogens with zero attached hydrogens (tertiary/aromatic N) is 2. The minimum Gasteiger partial charge on any atom is -0.469 e. The summed E-state index contributed by atoms with van der Waals surface area (Å²) in [5.41, 5.74) is 13.7. The van der Waals surface area contributed by atoms with E-state index in [1.165, 1.54) is 7.11 Å². The van der Waals surface area contributed by atoms with Crippen molar-refractivity contribution in [1.29, 1.82) is 0 Å². The van der Waals surface area contributed by atoms with E-state index in [9.17, 15) is 29.4 Å². The molecule has 0 saturated carbocycles. The molecule has 0 saturated heterocycles. The molecule has 8 bridgehead atoms. The molecule has 5 atom stereocenters. The number of ether oxygens (including phenoxy) is 1. The number of ketones is 1. The molecule has 15 heteroatoms. The van der Waals surface area contributed by atoms with Crippen LogP contribution < -0.4 is 21.7 Å². The summed E-state index contributed by atoms with van der Waals surface area (Å²) in [6.07, 6.45) is -0.149. The zero-order valence-corrected chi connectivity index (χ0v) is 34.1. The van der Waals surface area contributed by atoms with Gasteiger partial charge in [-0.05, 0) is 62.9 Å². The second-order valence-electron chi connectivity index (χ2n) is 15.1. The molecular formula is C42H58N8O7. The van der Waals surface area contributed by atoms with Gasteiger partial charge in [0, 0.05) is 102 Å². The molecule has 15 nitrogen and oxygen atoms in total. The lowest BCUT2D eigenvalue weighted by atomic mass is 9.85. The molecule has 9 N–H and O–H groups in total. The fourth-order valence-corrected chi connectivity index (χ4v) is 8.10. The SMILES string of the molecule is CC[C@H]1c2cc3[nH]c(c(CC(=O)OC)c4nc(cc5[nH]c(cc(n2)[C@@H]1C)c(C(C)=O)c5C)[C@@H](C)[C@@H]4CCC(=O)NCC(O)CO)c(C(=O)NCCNCCN)c3C. The number of hydrogen-bond donors (Lipinski definition) is 8. The third-order valence-corrected chi connectivity index (χ3v) is 11.4. The Morgan fingerprint density at radius 3 is 2.21 bits per heavy atom. The lowest BCUT2D eigenvalue weighted by molar-refractivity contribution is -0.139. The summed E-state index contributed by atoms with van der Waals surface area (Å²) in [5, 5.41) is 28.0. The minimum absolute atomic E-state index is 0.0357. The fourth-order valence-electron chi connectivity index (χ4n) is 8.10. The molecule has 0 fully saturated rings. The van der Waals surface area contributed by atoms with Crippen LogP contribution in [0.3, 0.4) is 0 Å². The second kappa shape index (κ2) is 19.0. The number of aryl methyl sites for hydroxylation is 2. The van der Waals surface area contributed by atoms with Crippen molar-refractivity contribution in [2.24, 2.45) is 5.73 Å². The van der Waals surface area contributed by atoms with Gasteiger partial charge in [0.25, 0.3) is 5.91 Å². The fraction of sp³-hybridized carbons (Fsp3) is 0.524. The highest BCUT2D eigenvalue weighted by atomic mass is 16.5. The van der Waals surface area contributed by atoms with Crippen LogP contribution in [0.5, 0.6) is 0 Å². The Labute approximate surface area is 333 Å². The molecule has 1 unspecified atom stereocenters. The number of hydrogen-bond acceptors (Lipinski definition) is 11. The topological polar surface area (TPSA) is 237 Å². The number of amides is 2. The van der Waals surface area contributed by atoms with Gasteiger partial charge in [0.15, 0.2) is 5.78 Å². The van der Waals surface area contributed by atoms with E-state index in [1.807, 2.05) is 39.0 Å². The minimum atomic E-state index is -1.09. The molecule has 308 valence electrons. The normalized spacial score (nSPS) is 18.3. The third-order valence-electron chi connectivity index (χ3n) is 11.4. The van der Waals surface area contributed by atoms with Crippen LogP contribution in [0.2, 0.25) is 0 Å².